The van der Waals surface area contributed by atoms with Crippen molar-refractivity contribution in [1.82, 2.24) is 15.1 Å². The third-order valence-corrected chi connectivity index (χ3v) is 3.76. The molecule has 0 radical (unpaired) electrons. The Morgan fingerprint density at radius 2 is 1.84 bits per heavy atom. The summed E-state index contributed by atoms with van der Waals surface area (Å²) >= 11 is 0. The topological polar surface area (TPSA) is 101 Å². The van der Waals surface area contributed by atoms with E-state index in [9.17, 15) is 14.4 Å². The van der Waals surface area contributed by atoms with E-state index in [0.717, 1.165) is 0 Å². The van der Waals surface area contributed by atoms with Gasteiger partial charge in [-0.05, 0) is 17.9 Å². The van der Waals surface area contributed by atoms with Gasteiger partial charge in [0, 0.05) is 24.9 Å². The van der Waals surface area contributed by atoms with E-state index in [2.05, 4.69) is 10.4 Å². The maximum atomic E-state index is 12.6. The third-order valence-electron chi connectivity index (χ3n) is 3.76. The van der Waals surface area contributed by atoms with Crippen molar-refractivity contribution >= 4 is 22.6 Å². The molecule has 134 valence electrons. The number of aliphatic carboxylic acids is 1. The van der Waals surface area contributed by atoms with E-state index in [1.807, 2.05) is 13.8 Å². The average Bonchev–Trinajstić information content (AvgIpc) is 2.54. The van der Waals surface area contributed by atoms with Crippen LogP contribution in [0.1, 0.15) is 37.7 Å². The van der Waals surface area contributed by atoms with E-state index in [1.165, 1.54) is 4.68 Å². The number of nitrogens with zero attached hydrogens (tertiary/aromatic N) is 2. The number of rotatable bonds is 7. The predicted octanol–water partition coefficient (Wildman–Crippen LogP) is 1.89. The summed E-state index contributed by atoms with van der Waals surface area (Å²) < 4.78 is 1.32. The first-order chi connectivity index (χ1) is 11.8. The highest BCUT2D eigenvalue weighted by atomic mass is 16.4. The zero-order chi connectivity index (χ0) is 18.6. The molecule has 0 saturated heterocycles. The van der Waals surface area contributed by atoms with Gasteiger partial charge >= 0.3 is 5.97 Å². The minimum absolute atomic E-state index is 0.0265. The van der Waals surface area contributed by atoms with Crippen LogP contribution in [0.4, 0.5) is 0 Å². The lowest BCUT2D eigenvalue weighted by Crippen LogP contribution is -2.33. The van der Waals surface area contributed by atoms with Gasteiger partial charge in [0.2, 0.25) is 0 Å². The maximum Gasteiger partial charge on any atom is 0.303 e. The normalized spacial score (nSPS) is 12.3. The Bertz CT molecular complexity index is 842. The number of carbonyl (C=O) groups is 2. The molecule has 2 rings (SSSR count). The highest BCUT2D eigenvalue weighted by molar-refractivity contribution is 6.04. The van der Waals surface area contributed by atoms with E-state index in [4.69, 9.17) is 5.11 Å². The molecule has 0 saturated carbocycles. The van der Waals surface area contributed by atoms with Gasteiger partial charge in [-0.1, -0.05) is 39.0 Å². The molecule has 7 heteroatoms. The SMILES string of the molecule is CC(C)Cn1nc(C(=O)NCC(C)CC(=O)O)c2ccccc2c1=O. The standard InChI is InChI=1S/C18H23N3O4/c1-11(2)10-21-18(25)14-7-5-4-6-13(14)16(20-21)17(24)19-9-12(3)8-15(22)23/h4-7,11-12H,8-10H2,1-3H3,(H,19,24)(H,22,23). The Kier molecular flexibility index (Phi) is 5.90. The Hall–Kier alpha value is -2.70. The monoisotopic (exact) mass is 345 g/mol. The van der Waals surface area contributed by atoms with E-state index < -0.39 is 11.9 Å². The van der Waals surface area contributed by atoms with Crippen molar-refractivity contribution in [2.24, 2.45) is 11.8 Å². The first-order valence-corrected chi connectivity index (χ1v) is 8.29. The molecular formula is C18H23N3O4. The highest BCUT2D eigenvalue weighted by Gasteiger charge is 2.18. The molecule has 0 bridgehead atoms. The van der Waals surface area contributed by atoms with Crippen molar-refractivity contribution in [3.63, 3.8) is 0 Å². The second-order valence-corrected chi connectivity index (χ2v) is 6.69. The Morgan fingerprint density at radius 3 is 2.44 bits per heavy atom. The molecule has 0 aliphatic heterocycles. The van der Waals surface area contributed by atoms with Crippen LogP contribution in [0.5, 0.6) is 0 Å². The van der Waals surface area contributed by atoms with Crippen molar-refractivity contribution in [2.75, 3.05) is 6.54 Å². The molecule has 1 amide bonds. The number of amides is 1. The largest absolute Gasteiger partial charge is 0.481 e. The first-order valence-electron chi connectivity index (χ1n) is 8.29. The fourth-order valence-electron chi connectivity index (χ4n) is 2.59. The number of benzene rings is 1. The zero-order valence-electron chi connectivity index (χ0n) is 14.7. The summed E-state index contributed by atoms with van der Waals surface area (Å²) in [6, 6.07) is 6.87. The Balaban J connectivity index is 2.35. The summed E-state index contributed by atoms with van der Waals surface area (Å²) in [5.74, 6) is -1.31. The molecule has 7 nitrogen and oxygen atoms in total. The summed E-state index contributed by atoms with van der Waals surface area (Å²) in [5.41, 5.74) is -0.0431. The zero-order valence-corrected chi connectivity index (χ0v) is 14.7. The Morgan fingerprint density at radius 1 is 1.20 bits per heavy atom. The van der Waals surface area contributed by atoms with Crippen LogP contribution in [0, 0.1) is 11.8 Å². The van der Waals surface area contributed by atoms with Crippen molar-refractivity contribution in [1.29, 1.82) is 0 Å². The van der Waals surface area contributed by atoms with Gasteiger partial charge in [0.15, 0.2) is 5.69 Å². The number of fused-ring (bicyclic) bond motifs is 1. The molecule has 0 fully saturated rings. The van der Waals surface area contributed by atoms with Gasteiger partial charge in [-0.25, -0.2) is 4.68 Å². The molecule has 25 heavy (non-hydrogen) atoms. The van der Waals surface area contributed by atoms with Crippen LogP contribution in [0.2, 0.25) is 0 Å². The molecule has 0 spiro atoms. The molecule has 1 unspecified atom stereocenters. The van der Waals surface area contributed by atoms with Crippen LogP contribution >= 0.6 is 0 Å². The number of hydrogen-bond acceptors (Lipinski definition) is 4. The highest BCUT2D eigenvalue weighted by Crippen LogP contribution is 2.14. The third kappa shape index (κ3) is 4.65. The van der Waals surface area contributed by atoms with Crippen LogP contribution in [0.25, 0.3) is 10.8 Å². The van der Waals surface area contributed by atoms with Gasteiger partial charge in [0.05, 0.1) is 5.39 Å². The van der Waals surface area contributed by atoms with Crippen molar-refractivity contribution in [3.05, 3.63) is 40.3 Å². The first kappa shape index (κ1) is 18.6. The second kappa shape index (κ2) is 7.92. The predicted molar refractivity (Wildman–Crippen MR) is 94.6 cm³/mol. The minimum atomic E-state index is -0.907. The smallest absolute Gasteiger partial charge is 0.303 e. The van der Waals surface area contributed by atoms with Crippen molar-refractivity contribution in [3.8, 4) is 0 Å². The van der Waals surface area contributed by atoms with Crippen molar-refractivity contribution < 1.29 is 14.7 Å². The van der Waals surface area contributed by atoms with Gasteiger partial charge in [-0.2, -0.15) is 5.10 Å². The summed E-state index contributed by atoms with van der Waals surface area (Å²) in [7, 11) is 0. The fourth-order valence-corrected chi connectivity index (χ4v) is 2.59. The van der Waals surface area contributed by atoms with Crippen LogP contribution < -0.4 is 10.9 Å². The summed E-state index contributed by atoms with van der Waals surface area (Å²) in [6.45, 7) is 6.33. The molecule has 2 N–H and O–H groups in total. The van der Waals surface area contributed by atoms with E-state index in [1.54, 1.807) is 31.2 Å². The van der Waals surface area contributed by atoms with Crippen molar-refractivity contribution in [2.45, 2.75) is 33.7 Å². The molecular weight excluding hydrogens is 322 g/mol. The minimum Gasteiger partial charge on any atom is -0.481 e. The lowest BCUT2D eigenvalue weighted by atomic mass is 10.1. The maximum absolute atomic E-state index is 12.6. The van der Waals surface area contributed by atoms with Crippen LogP contribution in [0.15, 0.2) is 29.1 Å². The van der Waals surface area contributed by atoms with Crippen LogP contribution in [-0.2, 0) is 11.3 Å². The number of hydrogen-bond donors (Lipinski definition) is 2. The van der Waals surface area contributed by atoms with Gasteiger partial charge in [0.25, 0.3) is 11.5 Å². The molecule has 2 aromatic rings. The molecule has 1 aromatic heterocycles. The van der Waals surface area contributed by atoms with E-state index in [-0.39, 0.29) is 36.1 Å². The lowest BCUT2D eigenvalue weighted by Gasteiger charge is -2.14. The fraction of sp³-hybridized carbons (Fsp3) is 0.444. The summed E-state index contributed by atoms with van der Waals surface area (Å²) in [6.07, 6.45) is -0.0265. The quantitative estimate of drug-likeness (QED) is 0.798. The van der Waals surface area contributed by atoms with E-state index in [0.29, 0.717) is 17.3 Å². The van der Waals surface area contributed by atoms with Crippen LogP contribution in [-0.4, -0.2) is 33.3 Å². The van der Waals surface area contributed by atoms with Gasteiger partial charge in [-0.3, -0.25) is 14.4 Å². The van der Waals surface area contributed by atoms with Crippen LogP contribution in [0.3, 0.4) is 0 Å². The second-order valence-electron chi connectivity index (χ2n) is 6.69. The van der Waals surface area contributed by atoms with Gasteiger partial charge in [-0.15, -0.1) is 0 Å². The van der Waals surface area contributed by atoms with Gasteiger partial charge in [0.1, 0.15) is 0 Å². The Labute approximate surface area is 145 Å². The number of aromatic nitrogens is 2. The summed E-state index contributed by atoms with van der Waals surface area (Å²) in [5, 5.41) is 16.7. The number of carboxylic acid groups (broad SMARTS) is 1. The number of carboxylic acids is 1. The lowest BCUT2D eigenvalue weighted by molar-refractivity contribution is -0.137. The molecule has 0 aliphatic rings. The number of nitrogens with one attached hydrogen (secondary N) is 1. The molecule has 1 aromatic carbocycles. The molecule has 1 heterocycles. The van der Waals surface area contributed by atoms with Gasteiger partial charge < -0.3 is 10.4 Å². The molecule has 0 aliphatic carbocycles. The number of carbonyl (C=O) groups excluding carboxylic acids is 1. The van der Waals surface area contributed by atoms with E-state index >= 15 is 0 Å². The average molecular weight is 345 g/mol. The summed E-state index contributed by atoms with van der Waals surface area (Å²) in [4.78, 5) is 35.8. The molecule has 1 atom stereocenters.